The Morgan fingerprint density at radius 3 is 2.95 bits per heavy atom. The van der Waals surface area contributed by atoms with E-state index in [0.717, 1.165) is 18.4 Å². The Balaban J connectivity index is 2.06. The van der Waals surface area contributed by atoms with Crippen LogP contribution in [0.2, 0.25) is 0 Å². The van der Waals surface area contributed by atoms with Gasteiger partial charge in [0, 0.05) is 39.1 Å². The molecule has 0 spiro atoms. The highest BCUT2D eigenvalue weighted by molar-refractivity contribution is 7.86. The predicted molar refractivity (Wildman–Crippen MR) is 74.6 cm³/mol. The Morgan fingerprint density at radius 1 is 1.53 bits per heavy atom. The first-order valence-corrected chi connectivity index (χ1v) is 8.00. The molecule has 1 aromatic rings. The molecule has 0 aromatic carbocycles. The third-order valence-electron chi connectivity index (χ3n) is 3.47. The van der Waals surface area contributed by atoms with Gasteiger partial charge in [0.15, 0.2) is 0 Å². The molecule has 1 unspecified atom stereocenters. The first kappa shape index (κ1) is 14.4. The second-order valence-corrected chi connectivity index (χ2v) is 7.27. The van der Waals surface area contributed by atoms with Gasteiger partial charge >= 0.3 is 0 Å². The average molecular weight is 283 g/mol. The maximum atomic E-state index is 12.5. The van der Waals surface area contributed by atoms with E-state index in [1.165, 1.54) is 4.31 Å². The third-order valence-corrected chi connectivity index (χ3v) is 5.37. The van der Waals surface area contributed by atoms with E-state index in [2.05, 4.69) is 11.9 Å². The van der Waals surface area contributed by atoms with E-state index in [1.807, 2.05) is 12.1 Å². The molecule has 0 saturated carbocycles. The molecule has 1 aliphatic rings. The van der Waals surface area contributed by atoms with E-state index in [1.54, 1.807) is 23.7 Å². The summed E-state index contributed by atoms with van der Waals surface area (Å²) in [5.41, 5.74) is 0.902. The summed E-state index contributed by atoms with van der Waals surface area (Å²) >= 11 is 0. The summed E-state index contributed by atoms with van der Waals surface area (Å²) < 4.78 is 27.9. The van der Waals surface area contributed by atoms with Crippen LogP contribution in [-0.4, -0.2) is 42.1 Å². The number of rotatable bonds is 4. The topological polar surface area (TPSA) is 53.5 Å². The van der Waals surface area contributed by atoms with Crippen LogP contribution in [0.4, 0.5) is 0 Å². The molecule has 0 N–H and O–H groups in total. The van der Waals surface area contributed by atoms with Gasteiger partial charge in [0.2, 0.25) is 0 Å². The van der Waals surface area contributed by atoms with Gasteiger partial charge in [0.05, 0.1) is 0 Å². The van der Waals surface area contributed by atoms with E-state index >= 15 is 0 Å². The Morgan fingerprint density at radius 2 is 2.32 bits per heavy atom. The van der Waals surface area contributed by atoms with Gasteiger partial charge < -0.3 is 0 Å². The lowest BCUT2D eigenvalue weighted by Gasteiger charge is -2.33. The Kier molecular flexibility index (Phi) is 4.54. The fraction of sp³-hybridized carbons (Fsp3) is 0.615. The van der Waals surface area contributed by atoms with Gasteiger partial charge in [-0.3, -0.25) is 4.98 Å². The molecule has 106 valence electrons. The normalized spacial score (nSPS) is 21.7. The van der Waals surface area contributed by atoms with Crippen molar-refractivity contribution in [3.63, 3.8) is 0 Å². The molecule has 2 rings (SSSR count). The van der Waals surface area contributed by atoms with Crippen molar-refractivity contribution in [3.8, 4) is 0 Å². The summed E-state index contributed by atoms with van der Waals surface area (Å²) in [4.78, 5) is 4.01. The number of nitrogens with zero attached hydrogens (tertiary/aromatic N) is 3. The van der Waals surface area contributed by atoms with E-state index in [4.69, 9.17) is 0 Å². The van der Waals surface area contributed by atoms with Crippen molar-refractivity contribution >= 4 is 10.2 Å². The predicted octanol–water partition coefficient (Wildman–Crippen LogP) is 1.49. The Hall–Kier alpha value is -0.980. The van der Waals surface area contributed by atoms with Gasteiger partial charge in [0.25, 0.3) is 10.2 Å². The van der Waals surface area contributed by atoms with Gasteiger partial charge in [-0.1, -0.05) is 13.0 Å². The second-order valence-electron chi connectivity index (χ2n) is 5.23. The lowest BCUT2D eigenvalue weighted by atomic mass is 10.0. The molecule has 0 aliphatic carbocycles. The van der Waals surface area contributed by atoms with Crippen molar-refractivity contribution < 1.29 is 8.42 Å². The molecule has 1 aliphatic heterocycles. The van der Waals surface area contributed by atoms with Crippen LogP contribution < -0.4 is 0 Å². The van der Waals surface area contributed by atoms with E-state index < -0.39 is 10.2 Å². The molecule has 1 fully saturated rings. The van der Waals surface area contributed by atoms with Crippen LogP contribution in [0.5, 0.6) is 0 Å². The van der Waals surface area contributed by atoms with Gasteiger partial charge in [-0.15, -0.1) is 0 Å². The zero-order chi connectivity index (χ0) is 13.9. The second kappa shape index (κ2) is 5.98. The molecular weight excluding hydrogens is 262 g/mol. The number of hydrogen-bond acceptors (Lipinski definition) is 3. The SMILES string of the molecule is CC1CCCN(S(=O)(=O)N(C)Cc2cccnc2)C1. The van der Waals surface area contributed by atoms with Crippen LogP contribution >= 0.6 is 0 Å². The minimum Gasteiger partial charge on any atom is -0.264 e. The standard InChI is InChI=1S/C13H21N3O2S/c1-12-5-4-8-16(10-12)19(17,18)15(2)11-13-6-3-7-14-9-13/h3,6-7,9,12H,4-5,8,10-11H2,1-2H3. The zero-order valence-corrected chi connectivity index (χ0v) is 12.3. The Labute approximate surface area is 115 Å². The molecule has 1 aromatic heterocycles. The monoisotopic (exact) mass is 283 g/mol. The molecule has 5 nitrogen and oxygen atoms in total. The van der Waals surface area contributed by atoms with Crippen molar-refractivity contribution in [3.05, 3.63) is 30.1 Å². The summed E-state index contributed by atoms with van der Waals surface area (Å²) in [5.74, 6) is 0.440. The van der Waals surface area contributed by atoms with Gasteiger partial charge in [0.1, 0.15) is 0 Å². The van der Waals surface area contributed by atoms with Crippen LogP contribution in [0.1, 0.15) is 25.3 Å². The van der Waals surface area contributed by atoms with Crippen LogP contribution in [0.25, 0.3) is 0 Å². The smallest absolute Gasteiger partial charge is 0.264 e. The minimum atomic E-state index is -3.35. The first-order valence-electron chi connectivity index (χ1n) is 6.60. The zero-order valence-electron chi connectivity index (χ0n) is 11.5. The number of pyridine rings is 1. The quantitative estimate of drug-likeness (QED) is 0.841. The van der Waals surface area contributed by atoms with Gasteiger partial charge in [-0.25, -0.2) is 0 Å². The summed E-state index contributed by atoms with van der Waals surface area (Å²) in [6.45, 7) is 3.72. The lowest BCUT2D eigenvalue weighted by Crippen LogP contribution is -2.45. The van der Waals surface area contributed by atoms with Crippen molar-refractivity contribution in [2.45, 2.75) is 26.3 Å². The summed E-state index contributed by atoms with van der Waals surface area (Å²) in [7, 11) is -1.73. The van der Waals surface area contributed by atoms with Crippen molar-refractivity contribution in [2.75, 3.05) is 20.1 Å². The van der Waals surface area contributed by atoms with Gasteiger partial charge in [-0.2, -0.15) is 17.0 Å². The van der Waals surface area contributed by atoms with E-state index in [0.29, 0.717) is 25.6 Å². The highest BCUT2D eigenvalue weighted by atomic mass is 32.2. The van der Waals surface area contributed by atoms with Crippen LogP contribution in [0.3, 0.4) is 0 Å². The highest BCUT2D eigenvalue weighted by Crippen LogP contribution is 2.20. The molecule has 19 heavy (non-hydrogen) atoms. The summed E-state index contributed by atoms with van der Waals surface area (Å²) in [6.07, 6.45) is 5.44. The fourth-order valence-electron chi connectivity index (χ4n) is 2.38. The highest BCUT2D eigenvalue weighted by Gasteiger charge is 2.30. The Bertz CT molecular complexity index is 504. The van der Waals surface area contributed by atoms with E-state index in [-0.39, 0.29) is 0 Å². The molecule has 1 saturated heterocycles. The summed E-state index contributed by atoms with van der Waals surface area (Å²) in [6, 6.07) is 3.70. The molecule has 0 bridgehead atoms. The summed E-state index contributed by atoms with van der Waals surface area (Å²) in [5, 5.41) is 0. The molecule has 0 radical (unpaired) electrons. The largest absolute Gasteiger partial charge is 0.282 e. The minimum absolute atomic E-state index is 0.362. The average Bonchev–Trinajstić information content (AvgIpc) is 2.40. The van der Waals surface area contributed by atoms with Crippen molar-refractivity contribution in [2.24, 2.45) is 5.92 Å². The molecule has 1 atom stereocenters. The van der Waals surface area contributed by atoms with Crippen LogP contribution in [0.15, 0.2) is 24.5 Å². The number of hydrogen-bond donors (Lipinski definition) is 0. The molecular formula is C13H21N3O2S. The van der Waals surface area contributed by atoms with Crippen molar-refractivity contribution in [1.29, 1.82) is 0 Å². The molecule has 6 heteroatoms. The third kappa shape index (κ3) is 3.52. The van der Waals surface area contributed by atoms with Gasteiger partial charge in [-0.05, 0) is 30.4 Å². The maximum Gasteiger partial charge on any atom is 0.282 e. The van der Waals surface area contributed by atoms with Crippen LogP contribution in [-0.2, 0) is 16.8 Å². The van der Waals surface area contributed by atoms with Crippen molar-refractivity contribution in [1.82, 2.24) is 13.6 Å². The fourth-order valence-corrected chi connectivity index (χ4v) is 3.89. The number of piperidine rings is 1. The number of aromatic nitrogens is 1. The van der Waals surface area contributed by atoms with E-state index in [9.17, 15) is 8.42 Å². The lowest BCUT2D eigenvalue weighted by molar-refractivity contribution is 0.263. The van der Waals surface area contributed by atoms with Crippen LogP contribution in [0, 0.1) is 5.92 Å². The maximum absolute atomic E-state index is 12.5. The molecule has 0 amide bonds. The molecule has 2 heterocycles. The first-order chi connectivity index (χ1) is 9.00.